The van der Waals surface area contributed by atoms with Gasteiger partial charge in [0, 0.05) is 17.2 Å². The van der Waals surface area contributed by atoms with E-state index in [2.05, 4.69) is 22.1 Å². The Hall–Kier alpha value is -1.68. The van der Waals surface area contributed by atoms with Crippen LogP contribution in [0.4, 0.5) is 0 Å². The number of hydrogen-bond donors (Lipinski definition) is 1. The monoisotopic (exact) mass is 284 g/mol. The first-order valence-corrected chi connectivity index (χ1v) is 7.55. The smallest absolute Gasteiger partial charge is 0.130 e. The van der Waals surface area contributed by atoms with E-state index in [1.165, 1.54) is 24.1 Å². The Morgan fingerprint density at radius 1 is 1.20 bits per heavy atom. The molecular weight excluding hydrogens is 268 g/mol. The summed E-state index contributed by atoms with van der Waals surface area (Å²) in [5, 5.41) is 0. The zero-order valence-electron chi connectivity index (χ0n) is 11.1. The van der Waals surface area contributed by atoms with Gasteiger partial charge < -0.3 is 9.72 Å². The molecule has 20 heavy (non-hydrogen) atoms. The molecule has 2 aromatic rings. The van der Waals surface area contributed by atoms with E-state index < -0.39 is 0 Å². The lowest BCUT2D eigenvalue weighted by atomic mass is 9.92. The second-order valence-corrected chi connectivity index (χ2v) is 5.98. The highest BCUT2D eigenvalue weighted by molar-refractivity contribution is 7.71. The quantitative estimate of drug-likeness (QED) is 0.849. The van der Waals surface area contributed by atoms with Gasteiger partial charge in [0.1, 0.15) is 16.2 Å². The van der Waals surface area contributed by atoms with Gasteiger partial charge in [-0.25, -0.2) is 4.98 Å². The molecule has 102 valence electrons. The SMILES string of the molecule is S=c1cc(C2CC2)[nH]c(C2CCOc3ccccc32)n1. The van der Waals surface area contributed by atoms with Gasteiger partial charge in [0.05, 0.1) is 6.61 Å². The Bertz CT molecular complexity index is 706. The van der Waals surface area contributed by atoms with Crippen molar-refractivity contribution in [3.05, 3.63) is 52.1 Å². The van der Waals surface area contributed by atoms with Gasteiger partial charge in [-0.05, 0) is 37.3 Å². The van der Waals surface area contributed by atoms with Crippen molar-refractivity contribution in [3.8, 4) is 5.75 Å². The second kappa shape index (κ2) is 4.70. The van der Waals surface area contributed by atoms with Gasteiger partial charge in [-0.1, -0.05) is 30.4 Å². The molecule has 1 saturated carbocycles. The largest absolute Gasteiger partial charge is 0.493 e. The average Bonchev–Trinajstić information content (AvgIpc) is 3.30. The third-order valence-electron chi connectivity index (χ3n) is 4.09. The number of rotatable bonds is 2. The molecule has 1 aliphatic heterocycles. The summed E-state index contributed by atoms with van der Waals surface area (Å²) in [6.45, 7) is 0.734. The van der Waals surface area contributed by atoms with Crippen LogP contribution in [0.3, 0.4) is 0 Å². The van der Waals surface area contributed by atoms with Crippen molar-refractivity contribution in [2.45, 2.75) is 31.1 Å². The number of nitrogens with one attached hydrogen (secondary N) is 1. The predicted octanol–water partition coefficient (Wildman–Crippen LogP) is 3.93. The van der Waals surface area contributed by atoms with Gasteiger partial charge in [0.2, 0.25) is 0 Å². The van der Waals surface area contributed by atoms with Crippen LogP contribution in [-0.4, -0.2) is 16.6 Å². The van der Waals surface area contributed by atoms with Crippen LogP contribution in [0, 0.1) is 4.64 Å². The molecule has 2 aliphatic rings. The maximum atomic E-state index is 5.73. The molecule has 1 N–H and O–H groups in total. The van der Waals surface area contributed by atoms with Crippen LogP contribution < -0.4 is 4.74 Å². The number of hydrogen-bond acceptors (Lipinski definition) is 3. The summed E-state index contributed by atoms with van der Waals surface area (Å²) in [4.78, 5) is 8.09. The van der Waals surface area contributed by atoms with Gasteiger partial charge >= 0.3 is 0 Å². The highest BCUT2D eigenvalue weighted by atomic mass is 32.1. The molecule has 0 spiro atoms. The Balaban J connectivity index is 1.80. The number of H-pyrrole nitrogens is 1. The van der Waals surface area contributed by atoms with Crippen molar-refractivity contribution >= 4 is 12.2 Å². The maximum Gasteiger partial charge on any atom is 0.130 e. The van der Waals surface area contributed by atoms with Gasteiger partial charge in [-0.2, -0.15) is 0 Å². The number of fused-ring (bicyclic) bond motifs is 1. The molecule has 1 aromatic carbocycles. The summed E-state index contributed by atoms with van der Waals surface area (Å²) in [5.74, 6) is 2.89. The average molecular weight is 284 g/mol. The maximum absolute atomic E-state index is 5.73. The summed E-state index contributed by atoms with van der Waals surface area (Å²) in [7, 11) is 0. The standard InChI is InChI=1S/C16H16N2OS/c20-15-9-13(10-5-6-10)17-16(18-15)12-7-8-19-14-4-2-1-3-11(12)14/h1-4,9-10,12H,5-8H2,(H,17,18,20). The minimum Gasteiger partial charge on any atom is -0.493 e. The van der Waals surface area contributed by atoms with Crippen LogP contribution in [0.15, 0.2) is 30.3 Å². The lowest BCUT2D eigenvalue weighted by Crippen LogP contribution is -2.17. The topological polar surface area (TPSA) is 37.9 Å². The zero-order chi connectivity index (χ0) is 13.5. The van der Waals surface area contributed by atoms with Crippen LogP contribution in [0.1, 0.15) is 48.2 Å². The molecule has 3 nitrogen and oxygen atoms in total. The first-order chi connectivity index (χ1) is 9.81. The minimum atomic E-state index is 0.264. The fourth-order valence-electron chi connectivity index (χ4n) is 2.90. The van der Waals surface area contributed by atoms with E-state index in [9.17, 15) is 0 Å². The van der Waals surface area contributed by atoms with Crippen molar-refractivity contribution in [3.63, 3.8) is 0 Å². The van der Waals surface area contributed by atoms with Crippen LogP contribution in [0.5, 0.6) is 5.75 Å². The number of ether oxygens (including phenoxy) is 1. The van der Waals surface area contributed by atoms with E-state index in [0.29, 0.717) is 10.6 Å². The van der Waals surface area contributed by atoms with E-state index in [0.717, 1.165) is 24.6 Å². The summed E-state index contributed by atoms with van der Waals surface area (Å²) in [6, 6.07) is 10.2. The van der Waals surface area contributed by atoms with Gasteiger partial charge in [0.15, 0.2) is 0 Å². The molecule has 1 aliphatic carbocycles. The number of aromatic nitrogens is 2. The normalized spacial score (nSPS) is 21.1. The van der Waals surface area contributed by atoms with Gasteiger partial charge in [-0.3, -0.25) is 0 Å². The van der Waals surface area contributed by atoms with Gasteiger partial charge in [-0.15, -0.1) is 0 Å². The first kappa shape index (κ1) is 12.1. The van der Waals surface area contributed by atoms with Crippen LogP contribution in [-0.2, 0) is 0 Å². The van der Waals surface area contributed by atoms with E-state index in [-0.39, 0.29) is 5.92 Å². The van der Waals surface area contributed by atoms with Crippen molar-refractivity contribution in [1.29, 1.82) is 0 Å². The van der Waals surface area contributed by atoms with Crippen LogP contribution >= 0.6 is 12.2 Å². The summed E-state index contributed by atoms with van der Waals surface area (Å²) in [5.41, 5.74) is 2.47. The third-order valence-corrected chi connectivity index (χ3v) is 4.30. The molecule has 1 aromatic heterocycles. The lowest BCUT2D eigenvalue weighted by Gasteiger charge is -2.25. The number of nitrogens with zero attached hydrogens (tertiary/aromatic N) is 1. The molecule has 0 saturated heterocycles. The molecule has 1 atom stereocenters. The zero-order valence-corrected chi connectivity index (χ0v) is 12.0. The second-order valence-electron chi connectivity index (χ2n) is 5.56. The lowest BCUT2D eigenvalue weighted by molar-refractivity contribution is 0.274. The molecule has 4 rings (SSSR count). The minimum absolute atomic E-state index is 0.264. The number of para-hydroxylation sites is 1. The fraction of sp³-hybridized carbons (Fsp3) is 0.375. The molecule has 4 heteroatoms. The van der Waals surface area contributed by atoms with Gasteiger partial charge in [0.25, 0.3) is 0 Å². The molecule has 0 amide bonds. The van der Waals surface area contributed by atoms with Crippen molar-refractivity contribution in [2.24, 2.45) is 0 Å². The van der Waals surface area contributed by atoms with Crippen molar-refractivity contribution in [2.75, 3.05) is 6.61 Å². The van der Waals surface area contributed by atoms with Crippen molar-refractivity contribution < 1.29 is 4.74 Å². The molecule has 1 fully saturated rings. The molecule has 0 bridgehead atoms. The predicted molar refractivity (Wildman–Crippen MR) is 79.8 cm³/mol. The van der Waals surface area contributed by atoms with E-state index in [4.69, 9.17) is 17.0 Å². The summed E-state index contributed by atoms with van der Waals surface area (Å²) >= 11 is 5.34. The highest BCUT2D eigenvalue weighted by Crippen LogP contribution is 2.41. The molecular formula is C16H16N2OS. The number of aromatic amines is 1. The van der Waals surface area contributed by atoms with E-state index >= 15 is 0 Å². The Morgan fingerprint density at radius 3 is 2.90 bits per heavy atom. The molecule has 2 heterocycles. The van der Waals surface area contributed by atoms with Crippen LogP contribution in [0.25, 0.3) is 0 Å². The van der Waals surface area contributed by atoms with E-state index in [1.807, 2.05) is 18.2 Å². The third kappa shape index (κ3) is 2.14. The highest BCUT2D eigenvalue weighted by Gasteiger charge is 2.28. The summed E-state index contributed by atoms with van der Waals surface area (Å²) in [6.07, 6.45) is 3.47. The molecule has 0 radical (unpaired) electrons. The Morgan fingerprint density at radius 2 is 2.05 bits per heavy atom. The van der Waals surface area contributed by atoms with Crippen LogP contribution in [0.2, 0.25) is 0 Å². The number of benzene rings is 1. The summed E-state index contributed by atoms with van der Waals surface area (Å²) < 4.78 is 6.43. The fourth-order valence-corrected chi connectivity index (χ4v) is 3.13. The van der Waals surface area contributed by atoms with Crippen molar-refractivity contribution in [1.82, 2.24) is 9.97 Å². The van der Waals surface area contributed by atoms with E-state index in [1.54, 1.807) is 0 Å². The first-order valence-electron chi connectivity index (χ1n) is 7.14. The Kier molecular flexibility index (Phi) is 2.84. The Labute approximate surface area is 123 Å². The molecule has 1 unspecified atom stereocenters.